The molecular formula is C44H69ClN6O9. The average molecular weight is 862 g/mol. The van der Waals surface area contributed by atoms with Crippen LogP contribution in [0.4, 0.5) is 0 Å². The summed E-state index contributed by atoms with van der Waals surface area (Å²) in [4.78, 5) is 98.4. The van der Waals surface area contributed by atoms with Gasteiger partial charge in [0.2, 0.25) is 29.5 Å². The number of benzene rings is 1. The van der Waals surface area contributed by atoms with Gasteiger partial charge >= 0.3 is 5.97 Å². The molecule has 15 nitrogen and oxygen atoms in total. The first-order valence-corrected chi connectivity index (χ1v) is 21.4. The molecule has 0 aromatic heterocycles. The van der Waals surface area contributed by atoms with Crippen LogP contribution in [0.1, 0.15) is 100 Å². The van der Waals surface area contributed by atoms with Gasteiger partial charge < -0.3 is 40.9 Å². The van der Waals surface area contributed by atoms with Crippen molar-refractivity contribution in [1.29, 1.82) is 0 Å². The molecular weight excluding hydrogens is 792 g/mol. The van der Waals surface area contributed by atoms with E-state index in [4.69, 9.17) is 16.3 Å². The van der Waals surface area contributed by atoms with Crippen molar-refractivity contribution in [1.82, 2.24) is 31.1 Å². The van der Waals surface area contributed by atoms with E-state index < -0.39 is 96.3 Å². The summed E-state index contributed by atoms with van der Waals surface area (Å²) >= 11 is 6.12. The number of amides is 6. The zero-order valence-corrected chi connectivity index (χ0v) is 38.2. The number of aliphatic hydroxyl groups is 1. The number of rotatable bonds is 8. The number of cyclic esters (lactones) is 1. The number of hydrogen-bond acceptors (Lipinski definition) is 9. The normalized spacial score (nSPS) is 28.8. The van der Waals surface area contributed by atoms with E-state index in [2.05, 4.69) is 21.3 Å². The Morgan fingerprint density at radius 2 is 1.38 bits per heavy atom. The molecule has 0 spiro atoms. The highest BCUT2D eigenvalue weighted by Crippen LogP contribution is 2.23. The van der Waals surface area contributed by atoms with Crippen LogP contribution in [-0.2, 0) is 44.7 Å². The van der Waals surface area contributed by atoms with Gasteiger partial charge in [-0.05, 0) is 69.1 Å². The zero-order chi connectivity index (χ0) is 45.6. The molecule has 1 aliphatic heterocycles. The number of carbonyl (C=O) groups is 7. The fraction of sp³-hybridized carbons (Fsp3) is 0.659. The fourth-order valence-electron chi connectivity index (χ4n) is 6.93. The van der Waals surface area contributed by atoms with Crippen LogP contribution in [0.5, 0.6) is 0 Å². The molecule has 5 N–H and O–H groups in total. The smallest absolute Gasteiger partial charge is 0.334 e. The summed E-state index contributed by atoms with van der Waals surface area (Å²) in [5, 5.41) is 22.9. The maximum absolute atomic E-state index is 14.2. The van der Waals surface area contributed by atoms with Crippen molar-refractivity contribution in [2.24, 2.45) is 23.7 Å². The maximum Gasteiger partial charge on any atom is 0.334 e. The van der Waals surface area contributed by atoms with Gasteiger partial charge in [0, 0.05) is 43.1 Å². The Morgan fingerprint density at radius 1 is 0.800 bits per heavy atom. The van der Waals surface area contributed by atoms with E-state index in [1.165, 1.54) is 45.8 Å². The lowest BCUT2D eigenvalue weighted by atomic mass is 9.84. The highest BCUT2D eigenvalue weighted by Gasteiger charge is 2.36. The summed E-state index contributed by atoms with van der Waals surface area (Å²) in [5.74, 6) is -5.40. The third kappa shape index (κ3) is 15.2. The summed E-state index contributed by atoms with van der Waals surface area (Å²) < 4.78 is 5.68. The van der Waals surface area contributed by atoms with Gasteiger partial charge in [-0.3, -0.25) is 28.8 Å². The third-order valence-electron chi connectivity index (χ3n) is 11.4. The van der Waals surface area contributed by atoms with Gasteiger partial charge in [-0.1, -0.05) is 91.1 Å². The van der Waals surface area contributed by atoms with Gasteiger partial charge in [0.15, 0.2) is 6.10 Å². The highest BCUT2D eigenvalue weighted by molar-refractivity contribution is 6.30. The molecule has 336 valence electrons. The lowest BCUT2D eigenvalue weighted by molar-refractivity contribution is -0.154. The first-order chi connectivity index (χ1) is 28.0. The minimum atomic E-state index is -1.26. The van der Waals surface area contributed by atoms with E-state index in [0.717, 1.165) is 4.90 Å². The van der Waals surface area contributed by atoms with Crippen LogP contribution in [0.3, 0.4) is 0 Å². The fourth-order valence-corrected chi connectivity index (χ4v) is 7.05. The quantitative estimate of drug-likeness (QED) is 0.243. The number of nitrogens with one attached hydrogen (secondary N) is 4. The molecule has 10 atom stereocenters. The SMILES string of the molecule is CCC(C)[C@@H]1NC(=O)CN(C)C(=O)[C@@H](Cc2ccc(Cl)cc2)N(C)C(=O)[C@H](C)NC(=O)[C@@H](CC(C)C)OC(=O)/C(C)=C/C[C@H](O)[C@H](C)[C@@H]([C@@H](C)CC)NC(=O)[C@@H](C)NC1=O. The lowest BCUT2D eigenvalue weighted by Gasteiger charge is -2.34. The van der Waals surface area contributed by atoms with Crippen LogP contribution >= 0.6 is 11.6 Å². The van der Waals surface area contributed by atoms with E-state index in [0.29, 0.717) is 23.4 Å². The van der Waals surface area contributed by atoms with E-state index in [1.54, 1.807) is 38.1 Å². The molecule has 0 saturated carbocycles. The Hall–Kier alpha value is -4.50. The second kappa shape index (κ2) is 24.1. The van der Waals surface area contributed by atoms with Crippen LogP contribution < -0.4 is 21.3 Å². The number of nitrogens with zero attached hydrogens (tertiary/aromatic N) is 2. The number of ether oxygens (including phenoxy) is 1. The standard InChI is InChI=1S/C44H69ClN6O9/c1-13-25(5)37-28(8)34(52)20-15-27(7)44(59)60-35(21-24(3)4)40(55)47-30(10)42(57)51(12)33(22-31-16-18-32(45)19-17-31)43(58)50(11)23-36(53)48-38(26(6)14-2)41(56)46-29(9)39(54)49-37/h15-19,24-26,28-30,33-35,37-38,52H,13-14,20-23H2,1-12H3,(H,46,56)(H,47,55)(H,48,53)(H,49,54)/b27-15+/t25-,26?,28-,29+,30-,33+,34-,35+,37+,38-/m0/s1. The number of esters is 1. The molecule has 0 saturated heterocycles. The Balaban J connectivity index is 2.62. The van der Waals surface area contributed by atoms with E-state index in [1.807, 2.05) is 34.6 Å². The first kappa shape index (κ1) is 51.6. The van der Waals surface area contributed by atoms with Crippen LogP contribution in [0.2, 0.25) is 5.02 Å². The predicted octanol–water partition coefficient (Wildman–Crippen LogP) is 3.54. The molecule has 0 fully saturated rings. The minimum absolute atomic E-state index is 0.0350. The first-order valence-electron chi connectivity index (χ1n) is 21.0. The number of likely N-dealkylation sites (N-methyl/N-ethyl adjacent to an activating group) is 2. The minimum Gasteiger partial charge on any atom is -0.449 e. The zero-order valence-electron chi connectivity index (χ0n) is 37.5. The second-order valence-corrected chi connectivity index (χ2v) is 17.3. The number of halogens is 1. The summed E-state index contributed by atoms with van der Waals surface area (Å²) in [6, 6.07) is 1.84. The summed E-state index contributed by atoms with van der Waals surface area (Å²) in [6.45, 7) is 17.1. The Morgan fingerprint density at radius 3 is 1.95 bits per heavy atom. The molecule has 1 aliphatic rings. The number of hydrogen-bond donors (Lipinski definition) is 5. The Bertz CT molecular complexity index is 1690. The van der Waals surface area contributed by atoms with Crippen molar-refractivity contribution < 1.29 is 43.4 Å². The monoisotopic (exact) mass is 860 g/mol. The van der Waals surface area contributed by atoms with Gasteiger partial charge in [0.1, 0.15) is 24.2 Å². The molecule has 1 heterocycles. The number of carbonyl (C=O) groups excluding carboxylic acids is 7. The van der Waals surface area contributed by atoms with Gasteiger partial charge in [0.05, 0.1) is 12.6 Å². The molecule has 0 bridgehead atoms. The van der Waals surface area contributed by atoms with Crippen LogP contribution in [0.25, 0.3) is 0 Å². The third-order valence-corrected chi connectivity index (χ3v) is 11.7. The van der Waals surface area contributed by atoms with Crippen molar-refractivity contribution in [2.75, 3.05) is 20.6 Å². The molecule has 16 heteroatoms. The summed E-state index contributed by atoms with van der Waals surface area (Å²) in [5.41, 5.74) is 0.826. The predicted molar refractivity (Wildman–Crippen MR) is 230 cm³/mol. The van der Waals surface area contributed by atoms with Gasteiger partial charge in [-0.25, -0.2) is 4.79 Å². The molecule has 0 radical (unpaired) electrons. The Kier molecular flexibility index (Phi) is 20.7. The Labute approximate surface area is 361 Å². The van der Waals surface area contributed by atoms with Gasteiger partial charge in [0.25, 0.3) is 5.91 Å². The van der Waals surface area contributed by atoms with Crippen molar-refractivity contribution in [3.05, 3.63) is 46.5 Å². The molecule has 0 aliphatic carbocycles. The highest BCUT2D eigenvalue weighted by atomic mass is 35.5. The summed E-state index contributed by atoms with van der Waals surface area (Å²) in [7, 11) is 2.83. The average Bonchev–Trinajstić information content (AvgIpc) is 3.20. The van der Waals surface area contributed by atoms with Gasteiger partial charge in [-0.15, -0.1) is 0 Å². The molecule has 1 aromatic rings. The summed E-state index contributed by atoms with van der Waals surface area (Å²) in [6.07, 6.45) is 0.678. The van der Waals surface area contributed by atoms with Crippen molar-refractivity contribution in [3.8, 4) is 0 Å². The molecule has 6 amide bonds. The van der Waals surface area contributed by atoms with E-state index >= 15 is 0 Å². The van der Waals surface area contributed by atoms with Crippen LogP contribution in [0, 0.1) is 23.7 Å². The topological polar surface area (TPSA) is 204 Å². The molecule has 2 rings (SSSR count). The van der Waals surface area contributed by atoms with Gasteiger partial charge in [-0.2, -0.15) is 0 Å². The van der Waals surface area contributed by atoms with Crippen molar-refractivity contribution in [3.63, 3.8) is 0 Å². The molecule has 1 aromatic carbocycles. The van der Waals surface area contributed by atoms with Crippen molar-refractivity contribution in [2.45, 2.75) is 144 Å². The lowest BCUT2D eigenvalue weighted by Crippen LogP contribution is -2.58. The molecule has 1 unspecified atom stereocenters. The van der Waals surface area contributed by atoms with E-state index in [-0.39, 0.29) is 42.6 Å². The van der Waals surface area contributed by atoms with Crippen molar-refractivity contribution >= 4 is 53.0 Å². The molecule has 60 heavy (non-hydrogen) atoms. The largest absolute Gasteiger partial charge is 0.449 e. The van der Waals surface area contributed by atoms with E-state index in [9.17, 15) is 38.7 Å². The number of aliphatic hydroxyl groups excluding tert-OH is 1. The van der Waals surface area contributed by atoms with Crippen LogP contribution in [-0.4, -0.2) is 119 Å². The maximum atomic E-state index is 14.2. The van der Waals surface area contributed by atoms with Crippen LogP contribution in [0.15, 0.2) is 35.9 Å². The second-order valence-electron chi connectivity index (χ2n) is 16.9.